The lowest BCUT2D eigenvalue weighted by atomic mass is 9.65. The number of amides is 2. The number of hydrogen-bond acceptors (Lipinski definition) is 2. The number of carbonyl (C=O) groups is 2. The third kappa shape index (κ3) is 1.40. The van der Waals surface area contributed by atoms with E-state index in [-0.39, 0.29) is 23.7 Å². The lowest BCUT2D eigenvalue weighted by Gasteiger charge is -2.13. The molecule has 0 aliphatic carbocycles. The SMILES string of the molecule is BBN1C(=O)CC(C(C)C)C1=O. The van der Waals surface area contributed by atoms with Gasteiger partial charge in [0.05, 0.1) is 7.74 Å². The third-order valence-electron chi connectivity index (χ3n) is 2.40. The van der Waals surface area contributed by atoms with Crippen LogP contribution in [0.15, 0.2) is 0 Å². The zero-order chi connectivity index (χ0) is 9.30. The Hall–Kier alpha value is -0.730. The Balaban J connectivity index is 2.75. The van der Waals surface area contributed by atoms with Crippen LogP contribution in [0.1, 0.15) is 20.3 Å². The topological polar surface area (TPSA) is 37.4 Å². The van der Waals surface area contributed by atoms with Crippen molar-refractivity contribution in [3.63, 3.8) is 0 Å². The maximum Gasteiger partial charge on any atom is 0.220 e. The Morgan fingerprint density at radius 3 is 2.42 bits per heavy atom. The van der Waals surface area contributed by atoms with Crippen molar-refractivity contribution in [1.29, 1.82) is 0 Å². The molecule has 12 heavy (non-hydrogen) atoms. The zero-order valence-corrected chi connectivity index (χ0v) is 7.83. The summed E-state index contributed by atoms with van der Waals surface area (Å²) < 4.78 is 0. The van der Waals surface area contributed by atoms with Gasteiger partial charge in [-0.05, 0) is 5.92 Å². The van der Waals surface area contributed by atoms with Gasteiger partial charge in [0, 0.05) is 12.3 Å². The Bertz CT molecular complexity index is 217. The molecule has 0 aromatic rings. The summed E-state index contributed by atoms with van der Waals surface area (Å²) >= 11 is 0. The van der Waals surface area contributed by atoms with E-state index in [0.717, 1.165) is 0 Å². The van der Waals surface area contributed by atoms with E-state index in [1.807, 2.05) is 21.6 Å². The summed E-state index contributed by atoms with van der Waals surface area (Å²) in [5.74, 6) is 0.203. The van der Waals surface area contributed by atoms with Crippen molar-refractivity contribution in [2.24, 2.45) is 11.8 Å². The molecule has 1 rings (SSSR count). The lowest BCUT2D eigenvalue weighted by molar-refractivity contribution is -0.133. The molecule has 64 valence electrons. The zero-order valence-electron chi connectivity index (χ0n) is 7.83. The molecular formula is C7H13B2NO2. The van der Waals surface area contributed by atoms with Gasteiger partial charge in [-0.1, -0.05) is 13.8 Å². The van der Waals surface area contributed by atoms with E-state index in [9.17, 15) is 9.59 Å². The van der Waals surface area contributed by atoms with Crippen molar-refractivity contribution >= 4 is 26.9 Å². The van der Waals surface area contributed by atoms with Gasteiger partial charge in [0.2, 0.25) is 19.1 Å². The van der Waals surface area contributed by atoms with Gasteiger partial charge >= 0.3 is 0 Å². The van der Waals surface area contributed by atoms with Gasteiger partial charge in [-0.2, -0.15) is 0 Å². The largest absolute Gasteiger partial charge is 0.341 e. The lowest BCUT2D eigenvalue weighted by Crippen LogP contribution is -2.35. The summed E-state index contributed by atoms with van der Waals surface area (Å²) in [5.41, 5.74) is 0. The number of rotatable bonds is 2. The molecule has 1 fully saturated rings. The molecule has 0 aromatic carbocycles. The van der Waals surface area contributed by atoms with E-state index < -0.39 is 0 Å². The van der Waals surface area contributed by atoms with Gasteiger partial charge in [-0.3, -0.25) is 9.59 Å². The molecule has 0 bridgehead atoms. The molecule has 1 unspecified atom stereocenters. The van der Waals surface area contributed by atoms with E-state index in [1.165, 1.54) is 4.81 Å². The Morgan fingerprint density at radius 1 is 1.58 bits per heavy atom. The molecule has 1 aliphatic rings. The predicted octanol–water partition coefficient (Wildman–Crippen LogP) is -1.08. The Labute approximate surface area is 74.2 Å². The Morgan fingerprint density at radius 2 is 2.17 bits per heavy atom. The first-order chi connectivity index (χ1) is 5.57. The van der Waals surface area contributed by atoms with Crippen LogP contribution in [0.4, 0.5) is 0 Å². The van der Waals surface area contributed by atoms with Crippen molar-refractivity contribution in [3.05, 3.63) is 0 Å². The highest BCUT2D eigenvalue weighted by molar-refractivity contribution is 6.90. The van der Waals surface area contributed by atoms with Gasteiger partial charge in [-0.25, -0.2) is 0 Å². The molecule has 1 heterocycles. The van der Waals surface area contributed by atoms with Crippen LogP contribution in [-0.2, 0) is 9.59 Å². The maximum atomic E-state index is 11.5. The molecule has 1 aliphatic heterocycles. The van der Waals surface area contributed by atoms with E-state index in [2.05, 4.69) is 0 Å². The highest BCUT2D eigenvalue weighted by Gasteiger charge is 2.38. The second kappa shape index (κ2) is 3.33. The fourth-order valence-electron chi connectivity index (χ4n) is 1.56. The average molecular weight is 165 g/mol. The summed E-state index contributed by atoms with van der Waals surface area (Å²) in [6.07, 6.45) is 0.407. The molecule has 3 nitrogen and oxygen atoms in total. The van der Waals surface area contributed by atoms with E-state index in [4.69, 9.17) is 0 Å². The van der Waals surface area contributed by atoms with Crippen LogP contribution in [0, 0.1) is 11.8 Å². The summed E-state index contributed by atoms with van der Waals surface area (Å²) in [6, 6.07) is 0. The molecule has 2 amide bonds. The van der Waals surface area contributed by atoms with E-state index >= 15 is 0 Å². The number of nitrogens with zero attached hydrogens (tertiary/aromatic N) is 1. The molecule has 0 radical (unpaired) electrons. The van der Waals surface area contributed by atoms with Crippen molar-refractivity contribution in [1.82, 2.24) is 4.81 Å². The minimum absolute atomic E-state index is 0.0116. The second-order valence-corrected chi connectivity index (χ2v) is 3.53. The molecule has 1 atom stereocenters. The predicted molar refractivity (Wildman–Crippen MR) is 50.5 cm³/mol. The number of hydrogen-bond donors (Lipinski definition) is 0. The minimum atomic E-state index is -0.0718. The second-order valence-electron chi connectivity index (χ2n) is 3.53. The van der Waals surface area contributed by atoms with Gasteiger partial charge in [0.1, 0.15) is 0 Å². The molecule has 5 heteroatoms. The van der Waals surface area contributed by atoms with E-state index in [1.54, 1.807) is 0 Å². The van der Waals surface area contributed by atoms with Crippen molar-refractivity contribution < 1.29 is 9.59 Å². The number of imide groups is 1. The maximum absolute atomic E-state index is 11.5. The van der Waals surface area contributed by atoms with Gasteiger partial charge in [-0.15, -0.1) is 0 Å². The van der Waals surface area contributed by atoms with E-state index in [0.29, 0.717) is 13.7 Å². The fraction of sp³-hybridized carbons (Fsp3) is 0.714. The first kappa shape index (κ1) is 9.36. The van der Waals surface area contributed by atoms with Gasteiger partial charge < -0.3 is 4.81 Å². The van der Waals surface area contributed by atoms with Gasteiger partial charge in [0.25, 0.3) is 0 Å². The first-order valence-corrected chi connectivity index (χ1v) is 4.42. The van der Waals surface area contributed by atoms with Crippen molar-refractivity contribution in [2.75, 3.05) is 0 Å². The normalized spacial score (nSPS) is 23.9. The molecule has 0 aromatic heterocycles. The van der Waals surface area contributed by atoms with Crippen molar-refractivity contribution in [2.45, 2.75) is 20.3 Å². The monoisotopic (exact) mass is 165 g/mol. The summed E-state index contributed by atoms with van der Waals surface area (Å²) in [5, 5.41) is 0. The van der Waals surface area contributed by atoms with Crippen LogP contribution in [0.3, 0.4) is 0 Å². The standard InChI is InChI=1S/C7H13B2NO2/c1-4(2)5-3-6(11)10(9-8)7(5)12/h4-5,9H,3,8H2,1-2H3. The average Bonchev–Trinajstić information content (AvgIpc) is 2.27. The van der Waals surface area contributed by atoms with Gasteiger partial charge in [0.15, 0.2) is 0 Å². The van der Waals surface area contributed by atoms with Crippen LogP contribution >= 0.6 is 0 Å². The summed E-state index contributed by atoms with van der Waals surface area (Å²) in [4.78, 5) is 24.1. The first-order valence-electron chi connectivity index (χ1n) is 4.42. The Kier molecular flexibility index (Phi) is 2.60. The summed E-state index contributed by atoms with van der Waals surface area (Å²) in [7, 11) is 2.35. The smallest absolute Gasteiger partial charge is 0.220 e. The van der Waals surface area contributed by atoms with Crippen LogP contribution in [0.2, 0.25) is 0 Å². The van der Waals surface area contributed by atoms with Crippen LogP contribution in [-0.4, -0.2) is 31.7 Å². The quantitative estimate of drug-likeness (QED) is 0.385. The minimum Gasteiger partial charge on any atom is -0.341 e. The highest BCUT2D eigenvalue weighted by atomic mass is 16.2. The summed E-state index contributed by atoms with van der Waals surface area (Å²) in [6.45, 7) is 3.96. The molecule has 0 saturated carbocycles. The molecule has 1 saturated heterocycles. The third-order valence-corrected chi connectivity index (χ3v) is 2.40. The van der Waals surface area contributed by atoms with Crippen LogP contribution in [0.5, 0.6) is 0 Å². The molecule has 0 N–H and O–H groups in total. The highest BCUT2D eigenvalue weighted by Crippen LogP contribution is 2.24. The molecular weight excluding hydrogens is 152 g/mol. The molecule has 0 spiro atoms. The number of carbonyl (C=O) groups excluding carboxylic acids is 2. The van der Waals surface area contributed by atoms with Crippen LogP contribution < -0.4 is 0 Å². The fourth-order valence-corrected chi connectivity index (χ4v) is 1.56. The van der Waals surface area contributed by atoms with Crippen molar-refractivity contribution in [3.8, 4) is 0 Å². The van der Waals surface area contributed by atoms with Crippen LogP contribution in [0.25, 0.3) is 0 Å².